The van der Waals surface area contributed by atoms with E-state index >= 15 is 0 Å². The summed E-state index contributed by atoms with van der Waals surface area (Å²) in [5.74, 6) is 0.177. The Bertz CT molecular complexity index is 1450. The zero-order chi connectivity index (χ0) is 22.9. The summed E-state index contributed by atoms with van der Waals surface area (Å²) >= 11 is 7.03. The van der Waals surface area contributed by atoms with Crippen LogP contribution in [-0.4, -0.2) is 34.4 Å². The minimum Gasteiger partial charge on any atom is -0.300 e. The molecule has 1 aromatic carbocycles. The van der Waals surface area contributed by atoms with Crippen molar-refractivity contribution >= 4 is 44.2 Å². The summed E-state index contributed by atoms with van der Waals surface area (Å²) < 4.78 is 27.2. The number of aromatic amines is 1. The molecule has 0 aliphatic carbocycles. The molecule has 0 aliphatic rings. The fraction of sp³-hybridized carbons (Fsp3) is 0.0952. The number of sulfone groups is 1. The minimum absolute atomic E-state index is 0.00362. The third-order valence-electron chi connectivity index (χ3n) is 4.48. The molecular weight excluding hydrogens is 470 g/mol. The van der Waals surface area contributed by atoms with Gasteiger partial charge in [-0.25, -0.2) is 18.2 Å². The zero-order valence-corrected chi connectivity index (χ0v) is 18.9. The molecule has 11 heteroatoms. The lowest BCUT2D eigenvalue weighted by Gasteiger charge is -2.07. The number of thiophene rings is 1. The van der Waals surface area contributed by atoms with E-state index in [0.717, 1.165) is 11.3 Å². The van der Waals surface area contributed by atoms with Crippen LogP contribution in [0.5, 0.6) is 0 Å². The molecule has 3 heterocycles. The zero-order valence-electron chi connectivity index (χ0n) is 16.5. The second kappa shape index (κ2) is 8.63. The number of hydrogen-bond donors (Lipinski definition) is 1. The molecule has 0 unspecified atom stereocenters. The molecule has 3 aromatic heterocycles. The number of benzene rings is 1. The van der Waals surface area contributed by atoms with Crippen molar-refractivity contribution in [2.75, 3.05) is 0 Å². The molecule has 1 N–H and O–H groups in total. The molecule has 0 amide bonds. The number of aromatic nitrogens is 4. The molecule has 0 spiro atoms. The number of nitrogens with zero attached hydrogens (tertiary/aromatic N) is 4. The van der Waals surface area contributed by atoms with Gasteiger partial charge < -0.3 is 0 Å². The van der Waals surface area contributed by atoms with Gasteiger partial charge in [0.2, 0.25) is 5.69 Å². The van der Waals surface area contributed by atoms with Gasteiger partial charge in [-0.2, -0.15) is 5.10 Å². The van der Waals surface area contributed by atoms with Gasteiger partial charge in [-0.3, -0.25) is 14.9 Å². The largest absolute Gasteiger partial charge is 0.300 e. The van der Waals surface area contributed by atoms with E-state index in [1.165, 1.54) is 43.7 Å². The van der Waals surface area contributed by atoms with Crippen molar-refractivity contribution in [2.45, 2.75) is 23.1 Å². The van der Waals surface area contributed by atoms with Crippen molar-refractivity contribution in [3.63, 3.8) is 0 Å². The Hall–Kier alpha value is -3.39. The van der Waals surface area contributed by atoms with Crippen LogP contribution in [-0.2, 0) is 21.1 Å². The third kappa shape index (κ3) is 4.05. The molecule has 8 nitrogen and oxygen atoms in total. The van der Waals surface area contributed by atoms with Crippen LogP contribution in [0.2, 0.25) is 5.02 Å². The number of carbonyl (C=O) groups is 1. The van der Waals surface area contributed by atoms with Crippen molar-refractivity contribution in [1.82, 2.24) is 20.2 Å². The highest BCUT2D eigenvalue weighted by atomic mass is 35.5. The molecule has 160 valence electrons. The van der Waals surface area contributed by atoms with E-state index in [4.69, 9.17) is 18.2 Å². The number of halogens is 1. The number of rotatable bonds is 6. The van der Waals surface area contributed by atoms with Gasteiger partial charge in [0.25, 0.3) is 0 Å². The van der Waals surface area contributed by atoms with E-state index in [1.807, 2.05) is 0 Å². The quantitative estimate of drug-likeness (QED) is 0.396. The van der Waals surface area contributed by atoms with Crippen LogP contribution < -0.4 is 0 Å². The SMILES string of the molecule is [C-]#[N+]c1c(-c2ccnc(CC(C)=O)c2)sc(-c2ncn[nH]2)c1S(=O)(=O)c1ccc(Cl)cc1. The van der Waals surface area contributed by atoms with Crippen molar-refractivity contribution < 1.29 is 13.2 Å². The molecule has 0 radical (unpaired) electrons. The maximum Gasteiger partial charge on any atom is 0.224 e. The summed E-state index contributed by atoms with van der Waals surface area (Å²) in [6, 6.07) is 9.10. The van der Waals surface area contributed by atoms with E-state index in [-0.39, 0.29) is 38.4 Å². The molecule has 0 saturated carbocycles. The van der Waals surface area contributed by atoms with Crippen LogP contribution in [0.25, 0.3) is 26.0 Å². The highest BCUT2D eigenvalue weighted by Crippen LogP contribution is 2.50. The van der Waals surface area contributed by atoms with E-state index in [0.29, 0.717) is 21.2 Å². The first-order chi connectivity index (χ1) is 15.3. The fourth-order valence-electron chi connectivity index (χ4n) is 3.13. The molecule has 0 saturated heterocycles. The van der Waals surface area contributed by atoms with E-state index in [2.05, 4.69) is 25.0 Å². The van der Waals surface area contributed by atoms with Crippen LogP contribution in [0.15, 0.2) is 58.7 Å². The predicted molar refractivity (Wildman–Crippen MR) is 120 cm³/mol. The number of hydrogen-bond acceptors (Lipinski definition) is 7. The van der Waals surface area contributed by atoms with E-state index in [9.17, 15) is 13.2 Å². The normalized spacial score (nSPS) is 11.3. The average molecular weight is 484 g/mol. The summed E-state index contributed by atoms with van der Waals surface area (Å²) in [5.41, 5.74) is 1.09. The van der Waals surface area contributed by atoms with Gasteiger partial charge in [0.05, 0.1) is 16.3 Å². The Labute approximate surface area is 192 Å². The van der Waals surface area contributed by atoms with Crippen LogP contribution in [0.4, 0.5) is 5.69 Å². The smallest absolute Gasteiger partial charge is 0.224 e. The predicted octanol–water partition coefficient (Wildman–Crippen LogP) is 4.76. The van der Waals surface area contributed by atoms with Crippen LogP contribution in [0.3, 0.4) is 0 Å². The second-order valence-electron chi connectivity index (χ2n) is 6.76. The van der Waals surface area contributed by atoms with Crippen LogP contribution >= 0.6 is 22.9 Å². The molecule has 4 rings (SSSR count). The maximum absolute atomic E-state index is 13.6. The lowest BCUT2D eigenvalue weighted by atomic mass is 10.1. The molecule has 0 atom stereocenters. The maximum atomic E-state index is 13.6. The summed E-state index contributed by atoms with van der Waals surface area (Å²) in [6.45, 7) is 9.25. The summed E-state index contributed by atoms with van der Waals surface area (Å²) in [5, 5.41) is 6.90. The number of carbonyl (C=O) groups excluding carboxylic acids is 1. The number of Topliss-reactive ketones (excluding diaryl/α,β-unsaturated/α-hetero) is 1. The Morgan fingerprint density at radius 1 is 1.19 bits per heavy atom. The molecular formula is C21H14ClN5O3S2. The minimum atomic E-state index is -4.09. The first-order valence-corrected chi connectivity index (χ1v) is 11.8. The molecule has 0 fully saturated rings. The number of ketones is 1. The van der Waals surface area contributed by atoms with Crippen molar-refractivity contribution in [2.24, 2.45) is 0 Å². The first kappa shape index (κ1) is 21.8. The highest BCUT2D eigenvalue weighted by molar-refractivity contribution is 7.92. The monoisotopic (exact) mass is 483 g/mol. The summed E-state index contributed by atoms with van der Waals surface area (Å²) in [6.07, 6.45) is 2.93. The topological polar surface area (TPSA) is 110 Å². The second-order valence-corrected chi connectivity index (χ2v) is 10.1. The third-order valence-corrected chi connectivity index (χ3v) is 7.93. The Kier molecular flexibility index (Phi) is 5.88. The first-order valence-electron chi connectivity index (χ1n) is 9.16. The number of pyridine rings is 1. The van der Waals surface area contributed by atoms with Gasteiger partial charge in [-0.05, 0) is 48.9 Å². The van der Waals surface area contributed by atoms with Gasteiger partial charge in [0.1, 0.15) is 17.0 Å². The van der Waals surface area contributed by atoms with Gasteiger partial charge in [0.15, 0.2) is 15.7 Å². The number of nitrogens with one attached hydrogen (secondary N) is 1. The van der Waals surface area contributed by atoms with Gasteiger partial charge in [-0.1, -0.05) is 11.6 Å². The van der Waals surface area contributed by atoms with Gasteiger partial charge in [-0.15, -0.1) is 11.3 Å². The average Bonchev–Trinajstić information content (AvgIpc) is 3.41. The molecule has 0 aliphatic heterocycles. The highest BCUT2D eigenvalue weighted by Gasteiger charge is 2.32. The van der Waals surface area contributed by atoms with E-state index < -0.39 is 9.84 Å². The Morgan fingerprint density at radius 2 is 1.94 bits per heavy atom. The van der Waals surface area contributed by atoms with Crippen molar-refractivity contribution in [3.8, 4) is 21.1 Å². The number of H-pyrrole nitrogens is 1. The van der Waals surface area contributed by atoms with Crippen molar-refractivity contribution in [1.29, 1.82) is 0 Å². The van der Waals surface area contributed by atoms with E-state index in [1.54, 1.807) is 12.1 Å². The van der Waals surface area contributed by atoms with Gasteiger partial charge in [0, 0.05) is 28.2 Å². The van der Waals surface area contributed by atoms with Gasteiger partial charge >= 0.3 is 0 Å². The van der Waals surface area contributed by atoms with Crippen LogP contribution in [0, 0.1) is 6.57 Å². The van der Waals surface area contributed by atoms with Crippen LogP contribution in [0.1, 0.15) is 12.6 Å². The Morgan fingerprint density at radius 3 is 2.56 bits per heavy atom. The molecule has 4 aromatic rings. The summed E-state index contributed by atoms with van der Waals surface area (Å²) in [7, 11) is -4.09. The lowest BCUT2D eigenvalue weighted by Crippen LogP contribution is -2.03. The Balaban J connectivity index is 1.99. The standard InChI is InChI=1S/C21H14ClN5O3S2/c1-12(28)9-15-10-13(7-8-24-15)18-17(23-2)20(19(31-18)21-25-11-26-27-21)32(29,30)16-5-3-14(22)4-6-16/h3-8,10-11H,9H2,1H3,(H,25,26,27). The fourth-order valence-corrected chi connectivity index (χ4v) is 6.32. The van der Waals surface area contributed by atoms with Crippen molar-refractivity contribution in [3.05, 3.63) is 71.1 Å². The summed E-state index contributed by atoms with van der Waals surface area (Å²) in [4.78, 5) is 23.9. The lowest BCUT2D eigenvalue weighted by molar-refractivity contribution is -0.116. The molecule has 0 bridgehead atoms. The molecule has 32 heavy (non-hydrogen) atoms.